The lowest BCUT2D eigenvalue weighted by Gasteiger charge is -2.14. The van der Waals surface area contributed by atoms with Crippen LogP contribution in [0, 0.1) is 5.82 Å². The predicted molar refractivity (Wildman–Crippen MR) is 76.6 cm³/mol. The molecule has 0 bridgehead atoms. The fourth-order valence-corrected chi connectivity index (χ4v) is 1.93. The summed E-state index contributed by atoms with van der Waals surface area (Å²) in [5.41, 5.74) is 7.78. The van der Waals surface area contributed by atoms with E-state index in [1.165, 1.54) is 12.1 Å². The Morgan fingerprint density at radius 1 is 1.25 bits per heavy atom. The Balaban J connectivity index is 2.06. The minimum absolute atomic E-state index is 0.190. The van der Waals surface area contributed by atoms with Gasteiger partial charge in [-0.1, -0.05) is 24.3 Å². The third-order valence-corrected chi connectivity index (χ3v) is 3.15. The van der Waals surface area contributed by atoms with Crippen LogP contribution in [-0.2, 0) is 6.54 Å². The van der Waals surface area contributed by atoms with Crippen LogP contribution in [0.25, 0.3) is 0 Å². The maximum atomic E-state index is 13.1. The van der Waals surface area contributed by atoms with Crippen LogP contribution >= 0.6 is 0 Å². The van der Waals surface area contributed by atoms with Gasteiger partial charge in [-0.15, -0.1) is 0 Å². The van der Waals surface area contributed by atoms with Crippen molar-refractivity contribution < 1.29 is 9.18 Å². The Kier molecular flexibility index (Phi) is 4.48. The molecular formula is C16H17FN2O. The van der Waals surface area contributed by atoms with E-state index in [4.69, 9.17) is 5.73 Å². The summed E-state index contributed by atoms with van der Waals surface area (Å²) in [5, 5.41) is 2.84. The predicted octanol–water partition coefficient (Wildman–Crippen LogP) is 2.78. The molecule has 1 amide bonds. The van der Waals surface area contributed by atoms with E-state index in [2.05, 4.69) is 5.32 Å². The van der Waals surface area contributed by atoms with Crippen LogP contribution < -0.4 is 11.1 Å². The number of nitrogens with one attached hydrogen (secondary N) is 1. The molecule has 0 heterocycles. The van der Waals surface area contributed by atoms with Crippen LogP contribution in [0.5, 0.6) is 0 Å². The number of hydrogen-bond donors (Lipinski definition) is 2. The first-order chi connectivity index (χ1) is 9.60. The van der Waals surface area contributed by atoms with E-state index < -0.39 is 0 Å². The molecule has 0 unspecified atom stereocenters. The van der Waals surface area contributed by atoms with Gasteiger partial charge in [0.1, 0.15) is 5.82 Å². The van der Waals surface area contributed by atoms with E-state index in [1.54, 1.807) is 24.3 Å². The molecule has 0 radical (unpaired) electrons. The van der Waals surface area contributed by atoms with Crippen molar-refractivity contribution in [1.82, 2.24) is 5.32 Å². The maximum Gasteiger partial charge on any atom is 0.251 e. The minimum atomic E-state index is -0.309. The molecule has 2 rings (SSSR count). The average molecular weight is 272 g/mol. The molecule has 0 aromatic heterocycles. The number of nitrogens with two attached hydrogens (primary N) is 1. The van der Waals surface area contributed by atoms with E-state index in [1.807, 2.05) is 19.1 Å². The van der Waals surface area contributed by atoms with Crippen LogP contribution in [0.4, 0.5) is 4.39 Å². The van der Waals surface area contributed by atoms with Crippen LogP contribution in [0.2, 0.25) is 0 Å². The van der Waals surface area contributed by atoms with Crippen molar-refractivity contribution in [3.8, 4) is 0 Å². The molecule has 4 heteroatoms. The van der Waals surface area contributed by atoms with E-state index >= 15 is 0 Å². The zero-order valence-electron chi connectivity index (χ0n) is 11.3. The number of halogens is 1. The van der Waals surface area contributed by atoms with Gasteiger partial charge in [0.05, 0.1) is 6.04 Å². The monoisotopic (exact) mass is 272 g/mol. The second kappa shape index (κ2) is 6.30. The van der Waals surface area contributed by atoms with E-state index in [-0.39, 0.29) is 17.8 Å². The fraction of sp³-hybridized carbons (Fsp3) is 0.188. The average Bonchev–Trinajstić information content (AvgIpc) is 2.47. The molecule has 0 fully saturated rings. The zero-order chi connectivity index (χ0) is 14.5. The molecule has 0 aliphatic heterocycles. The zero-order valence-corrected chi connectivity index (χ0v) is 11.3. The standard InChI is InChI=1S/C16H17FN2O/c1-11(14-3-2-4-15(17)9-14)19-16(20)13-7-5-12(10-18)6-8-13/h2-9,11H,10,18H2,1H3,(H,19,20)/t11-/m0/s1. The lowest BCUT2D eigenvalue weighted by atomic mass is 10.1. The molecule has 104 valence electrons. The molecule has 0 aliphatic rings. The smallest absolute Gasteiger partial charge is 0.251 e. The molecule has 0 saturated heterocycles. The summed E-state index contributed by atoms with van der Waals surface area (Å²) in [5.74, 6) is -0.499. The molecule has 1 atom stereocenters. The van der Waals surface area contributed by atoms with Crippen molar-refractivity contribution in [3.05, 3.63) is 71.0 Å². The lowest BCUT2D eigenvalue weighted by Crippen LogP contribution is -2.26. The summed E-state index contributed by atoms with van der Waals surface area (Å²) in [4.78, 5) is 12.1. The van der Waals surface area contributed by atoms with Gasteiger partial charge in [0.25, 0.3) is 5.91 Å². The second-order valence-electron chi connectivity index (χ2n) is 4.65. The number of hydrogen-bond acceptors (Lipinski definition) is 2. The van der Waals surface area contributed by atoms with Crippen LogP contribution in [0.3, 0.4) is 0 Å². The molecular weight excluding hydrogens is 255 g/mol. The van der Waals surface area contributed by atoms with Crippen molar-refractivity contribution in [2.45, 2.75) is 19.5 Å². The van der Waals surface area contributed by atoms with Crippen molar-refractivity contribution in [2.24, 2.45) is 5.73 Å². The summed E-state index contributed by atoms with van der Waals surface area (Å²) in [7, 11) is 0. The maximum absolute atomic E-state index is 13.1. The molecule has 3 N–H and O–H groups in total. The number of rotatable bonds is 4. The Morgan fingerprint density at radius 2 is 1.95 bits per heavy atom. The van der Waals surface area contributed by atoms with Crippen molar-refractivity contribution in [3.63, 3.8) is 0 Å². The van der Waals surface area contributed by atoms with Gasteiger partial charge >= 0.3 is 0 Å². The number of carbonyl (C=O) groups is 1. The third kappa shape index (κ3) is 3.42. The van der Waals surface area contributed by atoms with Crippen molar-refractivity contribution in [2.75, 3.05) is 0 Å². The highest BCUT2D eigenvalue weighted by molar-refractivity contribution is 5.94. The van der Waals surface area contributed by atoms with Crippen LogP contribution in [-0.4, -0.2) is 5.91 Å². The molecule has 20 heavy (non-hydrogen) atoms. The highest BCUT2D eigenvalue weighted by Crippen LogP contribution is 2.14. The van der Waals surface area contributed by atoms with E-state index in [0.29, 0.717) is 12.1 Å². The normalized spacial score (nSPS) is 11.9. The summed E-state index contributed by atoms with van der Waals surface area (Å²) in [6, 6.07) is 13.1. The Hall–Kier alpha value is -2.20. The van der Waals surface area contributed by atoms with Gasteiger partial charge in [0.2, 0.25) is 0 Å². The molecule has 0 aliphatic carbocycles. The second-order valence-corrected chi connectivity index (χ2v) is 4.65. The fourth-order valence-electron chi connectivity index (χ4n) is 1.93. The number of carbonyl (C=O) groups excluding carboxylic acids is 1. The Morgan fingerprint density at radius 3 is 2.55 bits per heavy atom. The summed E-state index contributed by atoms with van der Waals surface area (Å²) >= 11 is 0. The quantitative estimate of drug-likeness (QED) is 0.899. The molecule has 2 aromatic carbocycles. The lowest BCUT2D eigenvalue weighted by molar-refractivity contribution is 0.0940. The minimum Gasteiger partial charge on any atom is -0.346 e. The largest absolute Gasteiger partial charge is 0.346 e. The van der Waals surface area contributed by atoms with Gasteiger partial charge in [-0.05, 0) is 42.3 Å². The van der Waals surface area contributed by atoms with Gasteiger partial charge in [-0.2, -0.15) is 0 Å². The van der Waals surface area contributed by atoms with Crippen LogP contribution in [0.15, 0.2) is 48.5 Å². The molecule has 0 spiro atoms. The topological polar surface area (TPSA) is 55.1 Å². The first-order valence-corrected chi connectivity index (χ1v) is 6.45. The van der Waals surface area contributed by atoms with Crippen LogP contribution in [0.1, 0.15) is 34.5 Å². The molecule has 3 nitrogen and oxygen atoms in total. The van der Waals surface area contributed by atoms with Gasteiger partial charge in [0, 0.05) is 12.1 Å². The van der Waals surface area contributed by atoms with E-state index in [9.17, 15) is 9.18 Å². The Labute approximate surface area is 117 Å². The van der Waals surface area contributed by atoms with Gasteiger partial charge < -0.3 is 11.1 Å². The summed E-state index contributed by atoms with van der Waals surface area (Å²) in [6.07, 6.45) is 0. The molecule has 2 aromatic rings. The first kappa shape index (κ1) is 14.2. The number of amides is 1. The first-order valence-electron chi connectivity index (χ1n) is 6.45. The van der Waals surface area contributed by atoms with Gasteiger partial charge in [0.15, 0.2) is 0 Å². The summed E-state index contributed by atoms with van der Waals surface area (Å²) < 4.78 is 13.1. The SMILES string of the molecule is C[C@H](NC(=O)c1ccc(CN)cc1)c1cccc(F)c1. The third-order valence-electron chi connectivity index (χ3n) is 3.15. The summed E-state index contributed by atoms with van der Waals surface area (Å²) in [6.45, 7) is 2.27. The van der Waals surface area contributed by atoms with Gasteiger partial charge in [-0.3, -0.25) is 4.79 Å². The van der Waals surface area contributed by atoms with Crippen molar-refractivity contribution in [1.29, 1.82) is 0 Å². The highest BCUT2D eigenvalue weighted by Gasteiger charge is 2.11. The van der Waals surface area contributed by atoms with Crippen molar-refractivity contribution >= 4 is 5.91 Å². The number of benzene rings is 2. The highest BCUT2D eigenvalue weighted by atomic mass is 19.1. The van der Waals surface area contributed by atoms with E-state index in [0.717, 1.165) is 11.1 Å². The van der Waals surface area contributed by atoms with Gasteiger partial charge in [-0.25, -0.2) is 4.39 Å². The Bertz CT molecular complexity index is 596. The molecule has 0 saturated carbocycles.